The molecule has 1 aromatic rings. The minimum atomic E-state index is -3.67. The summed E-state index contributed by atoms with van der Waals surface area (Å²) in [6, 6.07) is 6.53. The number of nitrogens with two attached hydrogens (primary N) is 1. The second-order valence-electron chi connectivity index (χ2n) is 3.26. The van der Waals surface area contributed by atoms with Crippen LogP contribution in [0.25, 0.3) is 0 Å². The van der Waals surface area contributed by atoms with Gasteiger partial charge in [0.05, 0.1) is 12.8 Å². The van der Waals surface area contributed by atoms with Crippen molar-refractivity contribution in [1.29, 1.82) is 0 Å². The topological polar surface area (TPSA) is 130 Å². The number of carbonyl (C=O) groups excluding carboxylic acids is 1. The summed E-state index contributed by atoms with van der Waals surface area (Å²) in [5.41, 5.74) is 7.92. The van der Waals surface area contributed by atoms with Crippen molar-refractivity contribution in [2.45, 2.75) is 0 Å². The summed E-state index contributed by atoms with van der Waals surface area (Å²) < 4.78 is 25.9. The first-order chi connectivity index (χ1) is 8.77. The van der Waals surface area contributed by atoms with Gasteiger partial charge in [-0.3, -0.25) is 14.6 Å². The van der Waals surface area contributed by atoms with E-state index in [4.69, 9.17) is 15.5 Å². The first kappa shape index (κ1) is 17.1. The first-order valence-electron chi connectivity index (χ1n) is 4.94. The highest BCUT2D eigenvalue weighted by atomic mass is 32.2. The van der Waals surface area contributed by atoms with Gasteiger partial charge in [-0.1, -0.05) is 11.8 Å². The van der Waals surface area contributed by atoms with Gasteiger partial charge in [0.25, 0.3) is 16.0 Å². The van der Waals surface area contributed by atoms with Crippen molar-refractivity contribution >= 4 is 16.0 Å². The van der Waals surface area contributed by atoms with Gasteiger partial charge in [-0.05, 0) is 24.3 Å². The van der Waals surface area contributed by atoms with Gasteiger partial charge in [0.1, 0.15) is 0 Å². The lowest BCUT2D eigenvalue weighted by atomic mass is 10.1. The van der Waals surface area contributed by atoms with E-state index in [1.54, 1.807) is 29.7 Å². The van der Waals surface area contributed by atoms with Crippen molar-refractivity contribution < 1.29 is 23.0 Å². The molecule has 0 heterocycles. The van der Waals surface area contributed by atoms with E-state index in [-0.39, 0.29) is 0 Å². The van der Waals surface area contributed by atoms with Gasteiger partial charge in [-0.2, -0.15) is 8.42 Å². The van der Waals surface area contributed by atoms with Crippen LogP contribution in [0.15, 0.2) is 24.3 Å². The zero-order chi connectivity index (χ0) is 14.9. The quantitative estimate of drug-likeness (QED) is 0.241. The zero-order valence-corrected chi connectivity index (χ0v) is 10.9. The summed E-state index contributed by atoms with van der Waals surface area (Å²) >= 11 is 0. The maximum absolute atomic E-state index is 10.9. The fraction of sp³-hybridized carbons (Fsp3) is 0.182. The molecule has 0 aromatic heterocycles. The smallest absolute Gasteiger partial charge is 0.274 e. The molecule has 104 valence electrons. The Morgan fingerprint density at radius 1 is 1.37 bits per heavy atom. The van der Waals surface area contributed by atoms with Crippen molar-refractivity contribution in [1.82, 2.24) is 5.48 Å². The van der Waals surface area contributed by atoms with E-state index in [2.05, 4.69) is 11.8 Å². The number of rotatable bonds is 1. The van der Waals surface area contributed by atoms with Crippen LogP contribution in [0.2, 0.25) is 0 Å². The molecule has 0 fully saturated rings. The van der Waals surface area contributed by atoms with Crippen molar-refractivity contribution in [2.24, 2.45) is 5.73 Å². The van der Waals surface area contributed by atoms with E-state index in [9.17, 15) is 13.2 Å². The lowest BCUT2D eigenvalue weighted by Crippen LogP contribution is -2.18. The van der Waals surface area contributed by atoms with Crippen LogP contribution in [0.4, 0.5) is 0 Å². The molecule has 0 saturated heterocycles. The molecule has 19 heavy (non-hydrogen) atoms. The van der Waals surface area contributed by atoms with Gasteiger partial charge in [0.2, 0.25) is 0 Å². The predicted molar refractivity (Wildman–Crippen MR) is 69.1 cm³/mol. The maximum Gasteiger partial charge on any atom is 0.274 e. The Kier molecular flexibility index (Phi) is 7.40. The highest BCUT2D eigenvalue weighted by molar-refractivity contribution is 7.85. The van der Waals surface area contributed by atoms with E-state index in [1.165, 1.54) is 0 Å². The second-order valence-corrected chi connectivity index (χ2v) is 4.72. The van der Waals surface area contributed by atoms with Crippen molar-refractivity contribution in [3.63, 3.8) is 0 Å². The van der Waals surface area contributed by atoms with Crippen LogP contribution in [-0.4, -0.2) is 36.9 Å². The molecule has 0 bridgehead atoms. The van der Waals surface area contributed by atoms with Gasteiger partial charge in [0.15, 0.2) is 0 Å². The largest absolute Gasteiger partial charge is 0.320 e. The van der Waals surface area contributed by atoms with Crippen LogP contribution >= 0.6 is 0 Å². The standard InChI is InChI=1S/C10H10N2O2.CH4O3S/c11-7-1-2-8-3-5-9(6-4-8)10(13)12-14;1-5(2,3)4/h3-6,14H,7,11H2,(H,12,13);1H3,(H,2,3,4). The Bertz CT molecular complexity index is 561. The Labute approximate surface area is 111 Å². The molecule has 0 spiro atoms. The van der Waals surface area contributed by atoms with Gasteiger partial charge in [-0.25, -0.2) is 5.48 Å². The predicted octanol–water partition coefficient (Wildman–Crippen LogP) is -0.380. The molecule has 1 amide bonds. The number of hydrogen-bond acceptors (Lipinski definition) is 5. The van der Waals surface area contributed by atoms with Crippen molar-refractivity contribution in [3.05, 3.63) is 35.4 Å². The summed E-state index contributed by atoms with van der Waals surface area (Å²) in [6.45, 7) is 0.304. The molecule has 0 aliphatic heterocycles. The van der Waals surface area contributed by atoms with Crippen LogP contribution < -0.4 is 11.2 Å². The summed E-state index contributed by atoms with van der Waals surface area (Å²) in [5.74, 6) is 4.98. The average Bonchev–Trinajstić information content (AvgIpc) is 2.34. The lowest BCUT2D eigenvalue weighted by Gasteiger charge is -1.97. The number of amides is 1. The number of hydrogen-bond donors (Lipinski definition) is 4. The van der Waals surface area contributed by atoms with Crippen LogP contribution in [0.1, 0.15) is 15.9 Å². The molecule has 8 heteroatoms. The van der Waals surface area contributed by atoms with Crippen molar-refractivity contribution in [2.75, 3.05) is 12.8 Å². The summed E-state index contributed by atoms with van der Waals surface area (Å²) in [5, 5.41) is 8.35. The third kappa shape index (κ3) is 9.75. The summed E-state index contributed by atoms with van der Waals surface area (Å²) in [4.78, 5) is 10.9. The highest BCUT2D eigenvalue weighted by Gasteiger charge is 2.01. The molecule has 7 nitrogen and oxygen atoms in total. The minimum absolute atomic E-state index is 0.304. The normalized spacial score (nSPS) is 9.47. The molecular formula is C11H14N2O5S. The number of carbonyl (C=O) groups is 1. The van der Waals surface area contributed by atoms with E-state index in [1.807, 2.05) is 0 Å². The van der Waals surface area contributed by atoms with E-state index >= 15 is 0 Å². The number of nitrogens with one attached hydrogen (secondary N) is 1. The molecule has 1 rings (SSSR count). The maximum atomic E-state index is 10.9. The zero-order valence-electron chi connectivity index (χ0n) is 10.1. The second kappa shape index (κ2) is 8.23. The molecule has 0 radical (unpaired) electrons. The molecule has 0 aliphatic rings. The first-order valence-corrected chi connectivity index (χ1v) is 6.78. The van der Waals surface area contributed by atoms with Crippen LogP contribution in [-0.2, 0) is 10.1 Å². The molecule has 0 aliphatic carbocycles. The molecule has 0 unspecified atom stereocenters. The molecule has 0 atom stereocenters. The molecule has 1 aromatic carbocycles. The van der Waals surface area contributed by atoms with Gasteiger partial charge in [0, 0.05) is 11.1 Å². The van der Waals surface area contributed by atoms with E-state index < -0.39 is 16.0 Å². The number of hydroxylamine groups is 1. The monoisotopic (exact) mass is 286 g/mol. The van der Waals surface area contributed by atoms with Crippen LogP contribution in [0.3, 0.4) is 0 Å². The third-order valence-corrected chi connectivity index (χ3v) is 1.58. The molecular weight excluding hydrogens is 272 g/mol. The molecule has 5 N–H and O–H groups in total. The van der Waals surface area contributed by atoms with Gasteiger partial charge >= 0.3 is 0 Å². The number of benzene rings is 1. The highest BCUT2D eigenvalue weighted by Crippen LogP contribution is 2.02. The fourth-order valence-corrected chi connectivity index (χ4v) is 0.923. The van der Waals surface area contributed by atoms with Gasteiger partial charge in [-0.15, -0.1) is 0 Å². The van der Waals surface area contributed by atoms with Gasteiger partial charge < -0.3 is 5.73 Å². The summed E-state index contributed by atoms with van der Waals surface area (Å²) in [7, 11) is -3.67. The Hall–Kier alpha value is -1.92. The molecule has 0 saturated carbocycles. The van der Waals surface area contributed by atoms with E-state index in [0.717, 1.165) is 5.56 Å². The Morgan fingerprint density at radius 3 is 2.21 bits per heavy atom. The van der Waals surface area contributed by atoms with E-state index in [0.29, 0.717) is 18.4 Å². The summed E-state index contributed by atoms with van der Waals surface area (Å²) in [6.07, 6.45) is 0.715. The Morgan fingerprint density at radius 2 is 1.84 bits per heavy atom. The van der Waals surface area contributed by atoms with Crippen LogP contribution in [0.5, 0.6) is 0 Å². The minimum Gasteiger partial charge on any atom is -0.320 e. The van der Waals surface area contributed by atoms with Crippen molar-refractivity contribution in [3.8, 4) is 11.8 Å². The third-order valence-electron chi connectivity index (χ3n) is 1.58. The average molecular weight is 286 g/mol. The van der Waals surface area contributed by atoms with Crippen LogP contribution in [0, 0.1) is 11.8 Å². The Balaban J connectivity index is 0.000000555. The SMILES string of the molecule is CS(=O)(=O)O.NCC#Cc1ccc(C(=O)NO)cc1. The lowest BCUT2D eigenvalue weighted by molar-refractivity contribution is 0.0706. The fourth-order valence-electron chi connectivity index (χ4n) is 0.923.